The van der Waals surface area contributed by atoms with Crippen molar-refractivity contribution in [1.29, 1.82) is 0 Å². The molecule has 8 aromatic carbocycles. The molecule has 2 aromatic heterocycles. The van der Waals surface area contributed by atoms with Crippen LogP contribution >= 0.6 is 0 Å². The average molecular weight is 1000 g/mol. The van der Waals surface area contributed by atoms with Crippen molar-refractivity contribution < 1.29 is 0 Å². The van der Waals surface area contributed by atoms with Crippen LogP contribution in [0.1, 0.15) is 158 Å². The molecule has 4 aliphatic rings. The molecule has 382 valence electrons. The zero-order chi connectivity index (χ0) is 54.3. The standard InChI is InChI=1S/C72H75B3N2/c1-67(2,3)41-26-22-28-43(38-41)73-49-34-30-45(69(7,8)9)54-56-47(71(13,14)15)32-36-51-63(56)76(61(49)54)65-58(73)53(40-24-20-19-21-25-40)59-66-60(65)75(51)52-37-33-48(72(16,17)18)57-55-46(70(10,11)12)31-35-50(62(55)77(66)64(52)57)74(59)44-29-23-27-42(39-44)68(4,5)6/h19-39H,1-18H3. The zero-order valence-corrected chi connectivity index (χ0v) is 49.3. The predicted octanol–water partition coefficient (Wildman–Crippen LogP) is 12.1. The average Bonchev–Trinajstić information content (AvgIpc) is 4.00. The fourth-order valence-corrected chi connectivity index (χ4v) is 15.4. The maximum Gasteiger partial charge on any atom is 0.252 e. The van der Waals surface area contributed by atoms with E-state index in [-0.39, 0.29) is 52.6 Å². The van der Waals surface area contributed by atoms with Crippen LogP contribution < -0.4 is 49.2 Å². The summed E-state index contributed by atoms with van der Waals surface area (Å²) < 4.78 is 5.75. The maximum absolute atomic E-state index is 2.88. The molecule has 2 nitrogen and oxygen atoms in total. The van der Waals surface area contributed by atoms with E-state index in [1.807, 2.05) is 0 Å². The Balaban J connectivity index is 1.33. The minimum absolute atomic E-state index is 0.00798. The van der Waals surface area contributed by atoms with Crippen LogP contribution in [0.25, 0.3) is 66.1 Å². The molecule has 0 amide bonds. The first-order valence-corrected chi connectivity index (χ1v) is 28.9. The third-order valence-electron chi connectivity index (χ3n) is 18.8. The largest absolute Gasteiger partial charge is 0.311 e. The van der Waals surface area contributed by atoms with Gasteiger partial charge in [-0.3, -0.25) is 0 Å². The van der Waals surface area contributed by atoms with E-state index in [1.165, 1.54) is 149 Å². The second-order valence-corrected chi connectivity index (χ2v) is 30.1. The molecule has 10 aromatic rings. The summed E-state index contributed by atoms with van der Waals surface area (Å²) in [5.74, 6) is 0. The number of aromatic nitrogens is 2. The van der Waals surface area contributed by atoms with Gasteiger partial charge in [-0.1, -0.05) is 263 Å². The number of benzene rings is 8. The van der Waals surface area contributed by atoms with Crippen molar-refractivity contribution in [2.24, 2.45) is 0 Å². The van der Waals surface area contributed by atoms with Gasteiger partial charge in [-0.2, -0.15) is 0 Å². The Kier molecular flexibility index (Phi) is 9.66. The molecule has 0 spiro atoms. The number of hydrogen-bond donors (Lipinski definition) is 0. The van der Waals surface area contributed by atoms with Gasteiger partial charge in [-0.15, -0.1) is 0 Å². The fourth-order valence-electron chi connectivity index (χ4n) is 15.4. The molecule has 14 rings (SSSR count). The summed E-state index contributed by atoms with van der Waals surface area (Å²) in [5, 5.41) is 5.77. The van der Waals surface area contributed by atoms with E-state index in [2.05, 4.69) is 261 Å². The van der Waals surface area contributed by atoms with Gasteiger partial charge >= 0.3 is 0 Å². The van der Waals surface area contributed by atoms with Crippen LogP contribution in [-0.2, 0) is 32.5 Å². The molecule has 5 heteroatoms. The molecule has 0 N–H and O–H groups in total. The first-order chi connectivity index (χ1) is 36.1. The molecule has 6 heterocycles. The quantitative estimate of drug-likeness (QED) is 0.156. The predicted molar refractivity (Wildman–Crippen MR) is 340 cm³/mol. The number of hydrogen-bond acceptors (Lipinski definition) is 0. The van der Waals surface area contributed by atoms with Crippen LogP contribution in [0, 0.1) is 0 Å². The van der Waals surface area contributed by atoms with Crippen molar-refractivity contribution in [2.45, 2.75) is 157 Å². The number of fused-ring (bicyclic) bond motifs is 4. The van der Waals surface area contributed by atoms with Crippen LogP contribution in [0.15, 0.2) is 127 Å². The highest BCUT2D eigenvalue weighted by atomic mass is 15.1. The van der Waals surface area contributed by atoms with Crippen molar-refractivity contribution in [3.8, 4) is 22.5 Å². The van der Waals surface area contributed by atoms with E-state index < -0.39 is 0 Å². The monoisotopic (exact) mass is 1000 g/mol. The highest BCUT2D eigenvalue weighted by Gasteiger charge is 2.53. The van der Waals surface area contributed by atoms with E-state index in [4.69, 9.17) is 0 Å². The summed E-state index contributed by atoms with van der Waals surface area (Å²) in [6.07, 6.45) is 0. The molecule has 0 saturated heterocycles. The van der Waals surface area contributed by atoms with E-state index in [1.54, 1.807) is 0 Å². The van der Waals surface area contributed by atoms with E-state index in [9.17, 15) is 0 Å². The lowest BCUT2D eigenvalue weighted by molar-refractivity contribution is 0.590. The molecule has 0 bridgehead atoms. The minimum atomic E-state index is -0.110. The molecule has 77 heavy (non-hydrogen) atoms. The SMILES string of the molecule is CC(C)(C)c1cccc(B2c3c(-c4ccccc4)c4c5c6c3-n3c7c2ccc(C(C)(C)C)c7c2c(C(C)(C)C)ccc(c23)B6c2ccc(C(C)(C)C)c3c6c(C(C)(C)C)ccc(c6n-5c23)B4c2cccc(C(C)(C)C)c2)c1. The molecule has 0 fully saturated rings. The molecule has 0 unspecified atom stereocenters. The normalized spacial score (nSPS) is 14.8. The molecule has 4 aliphatic heterocycles. The maximum atomic E-state index is 2.88. The van der Waals surface area contributed by atoms with Crippen LogP contribution in [0.5, 0.6) is 0 Å². The Hall–Kier alpha value is -6.45. The second-order valence-electron chi connectivity index (χ2n) is 30.1. The Morgan fingerprint density at radius 2 is 0.623 bits per heavy atom. The van der Waals surface area contributed by atoms with Crippen molar-refractivity contribution in [3.05, 3.63) is 161 Å². The summed E-state index contributed by atoms with van der Waals surface area (Å²) in [6, 6.07) is 51.7. The zero-order valence-electron chi connectivity index (χ0n) is 49.3. The first-order valence-electron chi connectivity index (χ1n) is 28.9. The Morgan fingerprint density at radius 1 is 0.299 bits per heavy atom. The van der Waals surface area contributed by atoms with Crippen LogP contribution in [0.2, 0.25) is 0 Å². The van der Waals surface area contributed by atoms with Crippen molar-refractivity contribution in [3.63, 3.8) is 0 Å². The second kappa shape index (κ2) is 15.2. The summed E-state index contributed by atoms with van der Waals surface area (Å²) in [5.41, 5.74) is 31.8. The lowest BCUT2D eigenvalue weighted by atomic mass is 9.26. The molecule has 0 aliphatic carbocycles. The van der Waals surface area contributed by atoms with Gasteiger partial charge in [0.05, 0.1) is 0 Å². The van der Waals surface area contributed by atoms with Gasteiger partial charge in [-0.25, -0.2) is 0 Å². The van der Waals surface area contributed by atoms with Gasteiger partial charge < -0.3 is 9.13 Å². The third kappa shape index (κ3) is 6.47. The highest BCUT2D eigenvalue weighted by Crippen LogP contribution is 2.49. The van der Waals surface area contributed by atoms with Gasteiger partial charge in [-0.05, 0) is 115 Å². The summed E-state index contributed by atoms with van der Waals surface area (Å²) in [4.78, 5) is 0. The van der Waals surface area contributed by atoms with Crippen molar-refractivity contribution in [1.82, 2.24) is 9.13 Å². The topological polar surface area (TPSA) is 9.86 Å². The Labute approximate surface area is 459 Å². The molecular weight excluding hydrogens is 925 g/mol. The summed E-state index contributed by atoms with van der Waals surface area (Å²) in [6.45, 7) is 43.4. The van der Waals surface area contributed by atoms with Crippen LogP contribution in [0.4, 0.5) is 0 Å². The van der Waals surface area contributed by atoms with Crippen molar-refractivity contribution in [2.75, 3.05) is 0 Å². The Morgan fingerprint density at radius 3 is 0.935 bits per heavy atom. The van der Waals surface area contributed by atoms with Gasteiger partial charge in [0, 0.05) is 55.0 Å². The number of rotatable bonds is 3. The van der Waals surface area contributed by atoms with E-state index in [0.717, 1.165) is 0 Å². The van der Waals surface area contributed by atoms with Gasteiger partial charge in [0.2, 0.25) is 13.4 Å². The molecule has 0 radical (unpaired) electrons. The smallest absolute Gasteiger partial charge is 0.252 e. The van der Waals surface area contributed by atoms with E-state index >= 15 is 0 Å². The lowest BCUT2D eigenvalue weighted by Crippen LogP contribution is -2.70. The number of nitrogens with zero attached hydrogens (tertiary/aromatic N) is 2. The fraction of sp³-hybridized carbons (Fsp3) is 0.333. The minimum Gasteiger partial charge on any atom is -0.311 e. The van der Waals surface area contributed by atoms with Gasteiger partial charge in [0.15, 0.2) is 0 Å². The van der Waals surface area contributed by atoms with Crippen LogP contribution in [-0.4, -0.2) is 29.3 Å². The van der Waals surface area contributed by atoms with E-state index in [0.29, 0.717) is 0 Å². The Bertz CT molecular complexity index is 4020. The van der Waals surface area contributed by atoms with Gasteiger partial charge in [0.25, 0.3) is 6.71 Å². The first kappa shape index (κ1) is 48.9. The summed E-state index contributed by atoms with van der Waals surface area (Å²) in [7, 11) is 0. The lowest BCUT2D eigenvalue weighted by Gasteiger charge is -2.44. The van der Waals surface area contributed by atoms with Gasteiger partial charge in [0.1, 0.15) is 0 Å². The third-order valence-corrected chi connectivity index (χ3v) is 18.8. The van der Waals surface area contributed by atoms with Crippen LogP contribution in [0.3, 0.4) is 0 Å². The summed E-state index contributed by atoms with van der Waals surface area (Å²) >= 11 is 0. The molecule has 0 atom stereocenters. The van der Waals surface area contributed by atoms with Crippen molar-refractivity contribution >= 4 is 113 Å². The molecular formula is C72H75B3N2. The molecule has 0 saturated carbocycles. The highest BCUT2D eigenvalue weighted by molar-refractivity contribution is 7.07.